The lowest BCUT2D eigenvalue weighted by atomic mass is 10.1. The maximum Gasteiger partial charge on any atom is 0.255 e. The van der Waals surface area contributed by atoms with Crippen LogP contribution in [0.15, 0.2) is 42.5 Å². The maximum absolute atomic E-state index is 12.6. The minimum Gasteiger partial charge on any atom is -0.352 e. The van der Waals surface area contributed by atoms with Crippen molar-refractivity contribution in [3.8, 4) is 0 Å². The maximum atomic E-state index is 12.6. The summed E-state index contributed by atoms with van der Waals surface area (Å²) in [5.74, 6) is -0.629. The Morgan fingerprint density at radius 2 is 1.71 bits per heavy atom. The summed E-state index contributed by atoms with van der Waals surface area (Å²) in [4.78, 5) is 25.0. The molecule has 0 saturated carbocycles. The third-order valence-electron chi connectivity index (χ3n) is 4.02. The fraction of sp³-hybridized carbons (Fsp3) is 0.300. The van der Waals surface area contributed by atoms with Gasteiger partial charge in [0.05, 0.1) is 23.2 Å². The number of nitrogens with one attached hydrogen (secondary N) is 3. The van der Waals surface area contributed by atoms with Crippen LogP contribution in [-0.4, -0.2) is 33.0 Å². The van der Waals surface area contributed by atoms with E-state index in [0.29, 0.717) is 34.6 Å². The van der Waals surface area contributed by atoms with Gasteiger partial charge in [0.2, 0.25) is 10.0 Å². The third-order valence-corrected chi connectivity index (χ3v) is 4.61. The van der Waals surface area contributed by atoms with Crippen molar-refractivity contribution in [1.29, 1.82) is 0 Å². The quantitative estimate of drug-likeness (QED) is 0.589. The summed E-state index contributed by atoms with van der Waals surface area (Å²) in [6.45, 7) is 4.32. The van der Waals surface area contributed by atoms with Crippen LogP contribution < -0.4 is 15.4 Å². The highest BCUT2D eigenvalue weighted by molar-refractivity contribution is 7.92. The summed E-state index contributed by atoms with van der Waals surface area (Å²) in [7, 11) is -3.40. The van der Waals surface area contributed by atoms with E-state index < -0.39 is 10.0 Å². The van der Waals surface area contributed by atoms with Crippen molar-refractivity contribution in [2.75, 3.05) is 22.8 Å². The van der Waals surface area contributed by atoms with Crippen molar-refractivity contribution in [2.45, 2.75) is 26.7 Å². The second-order valence-corrected chi connectivity index (χ2v) is 8.26. The van der Waals surface area contributed by atoms with Crippen molar-refractivity contribution in [1.82, 2.24) is 5.32 Å². The van der Waals surface area contributed by atoms with Crippen LogP contribution in [0.3, 0.4) is 0 Å². The number of hydrogen-bond donors (Lipinski definition) is 3. The van der Waals surface area contributed by atoms with Gasteiger partial charge >= 0.3 is 0 Å². The van der Waals surface area contributed by atoms with Gasteiger partial charge in [-0.1, -0.05) is 25.5 Å². The van der Waals surface area contributed by atoms with Crippen LogP contribution in [0.5, 0.6) is 0 Å². The first-order chi connectivity index (χ1) is 13.2. The van der Waals surface area contributed by atoms with Gasteiger partial charge < -0.3 is 10.6 Å². The van der Waals surface area contributed by atoms with Gasteiger partial charge in [-0.25, -0.2) is 8.42 Å². The molecule has 0 unspecified atom stereocenters. The number of rotatable bonds is 8. The number of sulfonamides is 1. The zero-order chi connectivity index (χ0) is 20.7. The smallest absolute Gasteiger partial charge is 0.255 e. The Hall–Kier alpha value is -2.87. The van der Waals surface area contributed by atoms with Gasteiger partial charge in [0.25, 0.3) is 11.8 Å². The molecule has 0 bridgehead atoms. The molecule has 0 aliphatic carbocycles. The molecule has 0 spiro atoms. The van der Waals surface area contributed by atoms with Crippen LogP contribution >= 0.6 is 0 Å². The minimum atomic E-state index is -3.40. The molecule has 0 aromatic heterocycles. The number of carbonyl (C=O) groups is 2. The van der Waals surface area contributed by atoms with E-state index in [1.807, 2.05) is 6.92 Å². The first-order valence-corrected chi connectivity index (χ1v) is 10.9. The van der Waals surface area contributed by atoms with Crippen LogP contribution in [0.2, 0.25) is 0 Å². The van der Waals surface area contributed by atoms with Gasteiger partial charge in [0, 0.05) is 12.1 Å². The Morgan fingerprint density at radius 3 is 2.36 bits per heavy atom. The van der Waals surface area contributed by atoms with Gasteiger partial charge in [0.15, 0.2) is 0 Å². The van der Waals surface area contributed by atoms with E-state index in [1.54, 1.807) is 37.3 Å². The minimum absolute atomic E-state index is 0.242. The molecule has 0 aliphatic heterocycles. The first kappa shape index (κ1) is 21.4. The molecule has 7 nitrogen and oxygen atoms in total. The van der Waals surface area contributed by atoms with Gasteiger partial charge in [-0.15, -0.1) is 0 Å². The molecule has 0 saturated heterocycles. The average Bonchev–Trinajstić information content (AvgIpc) is 2.63. The van der Waals surface area contributed by atoms with Crippen molar-refractivity contribution in [2.24, 2.45) is 0 Å². The number of amides is 2. The fourth-order valence-corrected chi connectivity index (χ4v) is 3.21. The Balaban J connectivity index is 2.17. The molecule has 2 aromatic rings. The van der Waals surface area contributed by atoms with Gasteiger partial charge in [-0.3, -0.25) is 14.3 Å². The van der Waals surface area contributed by atoms with Crippen molar-refractivity contribution in [3.63, 3.8) is 0 Å². The fourth-order valence-electron chi connectivity index (χ4n) is 2.58. The monoisotopic (exact) mass is 403 g/mol. The number of para-hydroxylation sites is 1. The molecule has 28 heavy (non-hydrogen) atoms. The van der Waals surface area contributed by atoms with Gasteiger partial charge in [-0.2, -0.15) is 0 Å². The summed E-state index contributed by atoms with van der Waals surface area (Å²) < 4.78 is 25.2. The van der Waals surface area contributed by atoms with Crippen LogP contribution in [0.4, 0.5) is 11.4 Å². The van der Waals surface area contributed by atoms with Gasteiger partial charge in [0.1, 0.15) is 0 Å². The van der Waals surface area contributed by atoms with E-state index >= 15 is 0 Å². The third kappa shape index (κ3) is 6.09. The number of unbranched alkanes of at least 4 members (excludes halogenated alkanes) is 1. The van der Waals surface area contributed by atoms with Crippen LogP contribution in [0.1, 0.15) is 46.0 Å². The summed E-state index contributed by atoms with van der Waals surface area (Å²) in [5.41, 5.74) is 2.19. The molecule has 8 heteroatoms. The van der Waals surface area contributed by atoms with E-state index in [4.69, 9.17) is 0 Å². The topological polar surface area (TPSA) is 104 Å². The Labute approximate surface area is 165 Å². The molecule has 2 amide bonds. The molecular formula is C20H25N3O4S. The molecule has 150 valence electrons. The van der Waals surface area contributed by atoms with Crippen molar-refractivity contribution < 1.29 is 18.0 Å². The molecular weight excluding hydrogens is 378 g/mol. The zero-order valence-corrected chi connectivity index (χ0v) is 17.0. The second-order valence-electron chi connectivity index (χ2n) is 6.51. The number of carbonyl (C=O) groups excluding carboxylic acids is 2. The number of anilines is 2. The van der Waals surface area contributed by atoms with Crippen molar-refractivity contribution in [3.05, 3.63) is 59.2 Å². The van der Waals surface area contributed by atoms with E-state index in [-0.39, 0.29) is 11.8 Å². The molecule has 0 heterocycles. The van der Waals surface area contributed by atoms with E-state index in [0.717, 1.165) is 19.1 Å². The van der Waals surface area contributed by atoms with E-state index in [1.165, 1.54) is 12.1 Å². The van der Waals surface area contributed by atoms with E-state index in [2.05, 4.69) is 15.4 Å². The zero-order valence-electron chi connectivity index (χ0n) is 16.2. The normalized spacial score (nSPS) is 11.0. The highest BCUT2D eigenvalue weighted by Gasteiger charge is 2.15. The summed E-state index contributed by atoms with van der Waals surface area (Å²) in [5, 5.41) is 5.59. The van der Waals surface area contributed by atoms with Crippen LogP contribution in [-0.2, 0) is 10.0 Å². The van der Waals surface area contributed by atoms with E-state index in [9.17, 15) is 18.0 Å². The van der Waals surface area contributed by atoms with Crippen LogP contribution in [0.25, 0.3) is 0 Å². The molecule has 0 atom stereocenters. The number of benzene rings is 2. The molecule has 0 fully saturated rings. The number of hydrogen-bond acceptors (Lipinski definition) is 4. The molecule has 2 aromatic carbocycles. The predicted octanol–water partition coefficient (Wildman–Crippen LogP) is 3.15. The lowest BCUT2D eigenvalue weighted by molar-refractivity contribution is 0.0954. The Bertz CT molecular complexity index is 971. The summed E-state index contributed by atoms with van der Waals surface area (Å²) in [6.07, 6.45) is 2.92. The lowest BCUT2D eigenvalue weighted by Gasteiger charge is -2.13. The largest absolute Gasteiger partial charge is 0.352 e. The SMILES string of the molecule is CCCCNC(=O)c1ccccc1NC(=O)c1ccc(NS(C)(=O)=O)c(C)c1. The summed E-state index contributed by atoms with van der Waals surface area (Å²) >= 11 is 0. The lowest BCUT2D eigenvalue weighted by Crippen LogP contribution is -2.26. The second kappa shape index (κ2) is 9.36. The average molecular weight is 404 g/mol. The van der Waals surface area contributed by atoms with Gasteiger partial charge in [-0.05, 0) is 49.2 Å². The highest BCUT2D eigenvalue weighted by Crippen LogP contribution is 2.20. The van der Waals surface area contributed by atoms with Crippen LogP contribution in [0, 0.1) is 6.92 Å². The first-order valence-electron chi connectivity index (χ1n) is 8.98. The molecule has 0 radical (unpaired) electrons. The standard InChI is InChI=1S/C20H25N3O4S/c1-4-5-12-21-20(25)16-8-6-7-9-18(16)22-19(24)15-10-11-17(14(2)13-15)23-28(3,26)27/h6-11,13,23H,4-5,12H2,1-3H3,(H,21,25)(H,22,24). The van der Waals surface area contributed by atoms with Crippen molar-refractivity contribution >= 4 is 33.2 Å². The predicted molar refractivity (Wildman–Crippen MR) is 111 cm³/mol. The Kier molecular flexibility index (Phi) is 7.17. The molecule has 3 N–H and O–H groups in total. The highest BCUT2D eigenvalue weighted by atomic mass is 32.2. The Morgan fingerprint density at radius 1 is 1.00 bits per heavy atom. The summed E-state index contributed by atoms with van der Waals surface area (Å²) in [6, 6.07) is 11.4. The molecule has 2 rings (SSSR count). The number of aryl methyl sites for hydroxylation is 1. The molecule has 0 aliphatic rings.